The van der Waals surface area contributed by atoms with Crippen LogP contribution in [0.3, 0.4) is 0 Å². The summed E-state index contributed by atoms with van der Waals surface area (Å²) in [7, 11) is 1.54. The van der Waals surface area contributed by atoms with Crippen LogP contribution in [0, 0.1) is 12.7 Å². The minimum Gasteiger partial charge on any atom is -0.383 e. The lowest BCUT2D eigenvalue weighted by molar-refractivity contribution is 0.0575. The fourth-order valence-electron chi connectivity index (χ4n) is 4.24. The molecular formula is C28H28FN3O3. The van der Waals surface area contributed by atoms with Crippen molar-refractivity contribution >= 4 is 16.8 Å². The Morgan fingerprint density at radius 3 is 2.43 bits per heavy atom. The van der Waals surface area contributed by atoms with Crippen LogP contribution in [0.2, 0.25) is 0 Å². The predicted molar refractivity (Wildman–Crippen MR) is 134 cm³/mol. The van der Waals surface area contributed by atoms with Gasteiger partial charge in [-0.1, -0.05) is 48.9 Å². The highest BCUT2D eigenvalue weighted by Gasteiger charge is 2.30. The van der Waals surface area contributed by atoms with Crippen LogP contribution < -0.4 is 5.56 Å². The molecule has 7 heteroatoms. The van der Waals surface area contributed by atoms with E-state index in [9.17, 15) is 14.0 Å². The minimum absolute atomic E-state index is 0.0351. The number of nitrogens with zero attached hydrogens (tertiary/aromatic N) is 3. The first kappa shape index (κ1) is 24.3. The number of fused-ring (bicyclic) bond motifs is 1. The van der Waals surface area contributed by atoms with Crippen molar-refractivity contribution in [3.63, 3.8) is 0 Å². The van der Waals surface area contributed by atoms with Crippen molar-refractivity contribution in [2.45, 2.75) is 26.3 Å². The van der Waals surface area contributed by atoms with Crippen LogP contribution in [0.25, 0.3) is 16.6 Å². The van der Waals surface area contributed by atoms with Gasteiger partial charge in [-0.2, -0.15) is 0 Å². The lowest BCUT2D eigenvalue weighted by atomic mass is 10.1. The summed E-state index contributed by atoms with van der Waals surface area (Å²) < 4.78 is 21.4. The molecule has 6 nitrogen and oxygen atoms in total. The molecule has 0 N–H and O–H groups in total. The molecule has 0 saturated carbocycles. The molecule has 0 aliphatic rings. The molecule has 0 bridgehead atoms. The number of para-hydroxylation sites is 1. The van der Waals surface area contributed by atoms with E-state index in [0.717, 1.165) is 5.56 Å². The van der Waals surface area contributed by atoms with Gasteiger partial charge in [-0.15, -0.1) is 0 Å². The van der Waals surface area contributed by atoms with E-state index in [1.54, 1.807) is 46.9 Å². The van der Waals surface area contributed by atoms with Gasteiger partial charge in [-0.05, 0) is 49.7 Å². The third-order valence-electron chi connectivity index (χ3n) is 6.06. The summed E-state index contributed by atoms with van der Waals surface area (Å²) >= 11 is 0. The number of carbonyl (C=O) groups excluding carboxylic acids is 1. The molecule has 3 aromatic carbocycles. The molecule has 1 amide bonds. The molecular weight excluding hydrogens is 445 g/mol. The molecule has 1 heterocycles. The third kappa shape index (κ3) is 4.86. The van der Waals surface area contributed by atoms with Crippen LogP contribution in [0.5, 0.6) is 0 Å². The Balaban J connectivity index is 1.95. The van der Waals surface area contributed by atoms with E-state index in [2.05, 4.69) is 0 Å². The molecule has 0 radical (unpaired) electrons. The Kier molecular flexibility index (Phi) is 7.36. The highest BCUT2D eigenvalue weighted by atomic mass is 19.1. The molecule has 4 aromatic rings. The first-order valence-corrected chi connectivity index (χ1v) is 11.6. The number of amides is 1. The van der Waals surface area contributed by atoms with E-state index in [1.165, 1.54) is 12.1 Å². The topological polar surface area (TPSA) is 64.4 Å². The summed E-state index contributed by atoms with van der Waals surface area (Å²) in [4.78, 5) is 33.7. The zero-order valence-electron chi connectivity index (χ0n) is 20.1. The van der Waals surface area contributed by atoms with Gasteiger partial charge in [0.15, 0.2) is 0 Å². The Morgan fingerprint density at radius 1 is 1.06 bits per heavy atom. The van der Waals surface area contributed by atoms with Crippen molar-refractivity contribution < 1.29 is 13.9 Å². The van der Waals surface area contributed by atoms with E-state index >= 15 is 0 Å². The number of hydrogen-bond donors (Lipinski definition) is 0. The fourth-order valence-corrected chi connectivity index (χ4v) is 4.24. The quantitative estimate of drug-likeness (QED) is 0.358. The average molecular weight is 474 g/mol. The van der Waals surface area contributed by atoms with E-state index in [4.69, 9.17) is 9.72 Å². The van der Waals surface area contributed by atoms with E-state index < -0.39 is 17.8 Å². The number of methoxy groups -OCH3 is 1. The van der Waals surface area contributed by atoms with Gasteiger partial charge in [0.05, 0.1) is 34.8 Å². The third-order valence-corrected chi connectivity index (χ3v) is 6.06. The molecule has 0 spiro atoms. The molecule has 0 fully saturated rings. The maximum Gasteiger partial charge on any atom is 0.266 e. The van der Waals surface area contributed by atoms with Crippen molar-refractivity contribution in [2.24, 2.45) is 0 Å². The summed E-state index contributed by atoms with van der Waals surface area (Å²) in [5, 5.41) is 0.482. The van der Waals surface area contributed by atoms with Crippen LogP contribution >= 0.6 is 0 Å². The summed E-state index contributed by atoms with van der Waals surface area (Å²) in [6, 6.07) is 20.0. The van der Waals surface area contributed by atoms with Gasteiger partial charge in [0, 0.05) is 13.7 Å². The Hall–Kier alpha value is -3.84. The lowest BCUT2D eigenvalue weighted by Crippen LogP contribution is -2.40. The van der Waals surface area contributed by atoms with E-state index in [-0.39, 0.29) is 24.3 Å². The van der Waals surface area contributed by atoms with Crippen molar-refractivity contribution in [3.05, 3.63) is 106 Å². The second kappa shape index (κ2) is 10.6. The Labute approximate surface area is 203 Å². The first-order chi connectivity index (χ1) is 17.0. The Bertz CT molecular complexity index is 1400. The van der Waals surface area contributed by atoms with Gasteiger partial charge < -0.3 is 9.64 Å². The zero-order valence-corrected chi connectivity index (χ0v) is 20.1. The maximum atomic E-state index is 14.6. The normalized spacial score (nSPS) is 12.0. The van der Waals surface area contributed by atoms with Gasteiger partial charge >= 0.3 is 0 Å². The number of carbonyl (C=O) groups is 1. The highest BCUT2D eigenvalue weighted by Crippen LogP contribution is 2.28. The number of ether oxygens (including phenoxy) is 1. The van der Waals surface area contributed by atoms with Crippen molar-refractivity contribution in [1.29, 1.82) is 0 Å². The number of aromatic nitrogens is 2. The summed E-state index contributed by atoms with van der Waals surface area (Å²) in [5.41, 5.74) is 1.99. The fraction of sp³-hybridized carbons (Fsp3) is 0.250. The van der Waals surface area contributed by atoms with E-state index in [0.29, 0.717) is 28.8 Å². The molecule has 0 saturated heterocycles. The van der Waals surface area contributed by atoms with Gasteiger partial charge in [-0.3, -0.25) is 14.2 Å². The molecule has 0 aliphatic carbocycles. The van der Waals surface area contributed by atoms with Crippen LogP contribution in [-0.2, 0) is 4.74 Å². The van der Waals surface area contributed by atoms with E-state index in [1.807, 2.05) is 44.2 Å². The largest absolute Gasteiger partial charge is 0.383 e. The van der Waals surface area contributed by atoms with Gasteiger partial charge in [0.25, 0.3) is 11.5 Å². The highest BCUT2D eigenvalue weighted by molar-refractivity contribution is 5.94. The van der Waals surface area contributed by atoms with Gasteiger partial charge in [-0.25, -0.2) is 9.37 Å². The number of hydrogen-bond acceptors (Lipinski definition) is 4. The molecule has 4 rings (SSSR count). The van der Waals surface area contributed by atoms with Crippen LogP contribution in [0.4, 0.5) is 4.39 Å². The van der Waals surface area contributed by atoms with Crippen LogP contribution in [-0.4, -0.2) is 40.6 Å². The summed E-state index contributed by atoms with van der Waals surface area (Å²) in [5.74, 6) is -0.664. The summed E-state index contributed by atoms with van der Waals surface area (Å²) in [6.07, 6.45) is 0.459. The first-order valence-electron chi connectivity index (χ1n) is 11.6. The molecule has 180 valence electrons. The van der Waals surface area contributed by atoms with Gasteiger partial charge in [0.2, 0.25) is 0 Å². The number of rotatable bonds is 8. The SMILES string of the molecule is CCC(c1nc2ccccc2c(=O)n1-c1ccc(C)cc1)N(CCOC)C(=O)c1ccccc1F. The smallest absolute Gasteiger partial charge is 0.266 e. The second-order valence-electron chi connectivity index (χ2n) is 8.36. The van der Waals surface area contributed by atoms with Crippen LogP contribution in [0.1, 0.15) is 41.1 Å². The lowest BCUT2D eigenvalue weighted by Gasteiger charge is -2.32. The number of aryl methyl sites for hydroxylation is 1. The molecule has 35 heavy (non-hydrogen) atoms. The number of benzene rings is 3. The molecule has 1 atom stereocenters. The molecule has 1 aromatic heterocycles. The van der Waals surface area contributed by atoms with Gasteiger partial charge in [0.1, 0.15) is 11.6 Å². The van der Waals surface area contributed by atoms with Crippen LogP contribution in [0.15, 0.2) is 77.6 Å². The van der Waals surface area contributed by atoms with Crippen molar-refractivity contribution in [3.8, 4) is 5.69 Å². The number of halogens is 1. The molecule has 0 aliphatic heterocycles. The Morgan fingerprint density at radius 2 is 1.74 bits per heavy atom. The zero-order chi connectivity index (χ0) is 24.9. The van der Waals surface area contributed by atoms with Crippen molar-refractivity contribution in [2.75, 3.05) is 20.3 Å². The monoisotopic (exact) mass is 473 g/mol. The predicted octanol–water partition coefficient (Wildman–Crippen LogP) is 5.07. The average Bonchev–Trinajstić information content (AvgIpc) is 2.87. The minimum atomic E-state index is -0.601. The standard InChI is InChI=1S/C28H28FN3O3/c1-4-25(31(17-18-35-3)27(33)21-9-5-7-11-23(21)29)26-30-24-12-8-6-10-22(24)28(34)32(26)20-15-13-19(2)14-16-20/h5-16,25H,4,17-18H2,1-3H3. The second-order valence-corrected chi connectivity index (χ2v) is 8.36. The molecule has 1 unspecified atom stereocenters. The summed E-state index contributed by atoms with van der Waals surface area (Å²) in [6.45, 7) is 4.35. The van der Waals surface area contributed by atoms with Crippen molar-refractivity contribution in [1.82, 2.24) is 14.5 Å². The maximum absolute atomic E-state index is 14.6.